The van der Waals surface area contributed by atoms with Crippen LogP contribution in [0.2, 0.25) is 0 Å². The topological polar surface area (TPSA) is 331 Å². The zero-order chi connectivity index (χ0) is 45.8. The Bertz CT molecular complexity index is 1440. The Morgan fingerprint density at radius 2 is 0.950 bits per heavy atom. The third-order valence-electron chi connectivity index (χ3n) is 9.05. The van der Waals surface area contributed by atoms with E-state index < -0.39 is 104 Å². The monoisotopic (exact) mass is 854 g/mol. The Hall–Kier alpha value is -5.34. The molecule has 0 aromatic rings. The molecule has 10 amide bonds. The van der Waals surface area contributed by atoms with Crippen molar-refractivity contribution in [2.75, 3.05) is 39.3 Å². The highest BCUT2D eigenvalue weighted by atomic mass is 16.2. The van der Waals surface area contributed by atoms with Gasteiger partial charge >= 0.3 is 0 Å². The lowest BCUT2D eigenvalue weighted by Crippen LogP contribution is -2.58. The summed E-state index contributed by atoms with van der Waals surface area (Å²) in [6.07, 6.45) is 4.90. The van der Waals surface area contributed by atoms with Gasteiger partial charge in [0.1, 0.15) is 24.2 Å². The molecule has 0 aliphatic carbocycles. The summed E-state index contributed by atoms with van der Waals surface area (Å²) in [7, 11) is 0. The number of carbonyl (C=O) groups is 10. The lowest BCUT2D eigenvalue weighted by atomic mass is 9.98. The predicted octanol–water partition coefficient (Wildman–Crippen LogP) is -2.55. The predicted molar refractivity (Wildman–Crippen MR) is 223 cm³/mol. The molecule has 0 aromatic carbocycles. The van der Waals surface area contributed by atoms with Gasteiger partial charge in [0.25, 0.3) is 0 Å². The van der Waals surface area contributed by atoms with E-state index in [0.717, 1.165) is 19.3 Å². The molecule has 0 aromatic heterocycles. The molecule has 0 heterocycles. The second-order valence-corrected chi connectivity index (χ2v) is 15.6. The molecule has 60 heavy (non-hydrogen) atoms. The molecule has 0 aliphatic heterocycles. The second kappa shape index (κ2) is 30.7. The Balaban J connectivity index is 5.13. The largest absolute Gasteiger partial charge is 0.368 e. The van der Waals surface area contributed by atoms with Crippen LogP contribution >= 0.6 is 0 Å². The first-order chi connectivity index (χ1) is 28.2. The van der Waals surface area contributed by atoms with Gasteiger partial charge in [-0.1, -0.05) is 74.1 Å². The number of nitrogens with two attached hydrogens (primary N) is 2. The van der Waals surface area contributed by atoms with Crippen LogP contribution in [0, 0.1) is 17.8 Å². The van der Waals surface area contributed by atoms with Gasteiger partial charge in [0.15, 0.2) is 0 Å². The molecule has 0 radical (unpaired) electrons. The van der Waals surface area contributed by atoms with Crippen molar-refractivity contribution in [3.8, 4) is 0 Å². The molecular weight excluding hydrogens is 782 g/mol. The molecule has 0 saturated heterocycles. The Morgan fingerprint density at radius 1 is 0.483 bits per heavy atom. The van der Waals surface area contributed by atoms with Gasteiger partial charge in [0, 0.05) is 6.42 Å². The molecule has 1 unspecified atom stereocenters. The van der Waals surface area contributed by atoms with E-state index in [1.54, 1.807) is 6.92 Å². The maximum atomic E-state index is 13.4. The van der Waals surface area contributed by atoms with E-state index in [2.05, 4.69) is 54.8 Å². The minimum Gasteiger partial charge on any atom is -0.368 e. The minimum atomic E-state index is -1.20. The van der Waals surface area contributed by atoms with Crippen LogP contribution in [0.5, 0.6) is 0 Å². The summed E-state index contributed by atoms with van der Waals surface area (Å²) < 4.78 is 0. The molecule has 0 saturated carbocycles. The van der Waals surface area contributed by atoms with Gasteiger partial charge in [-0.25, -0.2) is 0 Å². The fraction of sp³-hybridized carbons (Fsp3) is 0.744. The Labute approximate surface area is 353 Å². The maximum Gasteiger partial charge on any atom is 0.243 e. The highest BCUT2D eigenvalue weighted by Gasteiger charge is 2.31. The van der Waals surface area contributed by atoms with E-state index in [9.17, 15) is 47.9 Å². The lowest BCUT2D eigenvalue weighted by Gasteiger charge is -2.26. The van der Waals surface area contributed by atoms with Crippen LogP contribution in [-0.4, -0.2) is 123 Å². The van der Waals surface area contributed by atoms with E-state index >= 15 is 0 Å². The van der Waals surface area contributed by atoms with Crippen molar-refractivity contribution < 1.29 is 47.9 Å². The van der Waals surface area contributed by atoms with Crippen LogP contribution in [0.3, 0.4) is 0 Å². The molecule has 0 aliphatic rings. The summed E-state index contributed by atoms with van der Waals surface area (Å²) in [5.74, 6) is -6.88. The van der Waals surface area contributed by atoms with Crippen molar-refractivity contribution in [2.45, 2.75) is 130 Å². The standard InChI is InChI=1S/C39H71N11O10/c1-8-10-11-12-13-30(52)42-22-34(56)50-35(25(7)9-2)39(60)46-20-32(54)43-19-31(53)44-21-33(55)47-26(14-15-40)37(58)49-28(17-24(5)6)38(59)48-27(16-23(3)4)36(57)45-18-29(41)51/h23-28,35H,8-22,40H2,1-7H3,(H2,41,51)(H,42,52)(H,43,54)(H,44,53)(H,45,57)(H,46,60)(H,47,55)(H,48,59)(H,49,58)(H,50,56)/t25-,26-,27-,28+,35?/m0/s1. The first-order valence-electron chi connectivity index (χ1n) is 20.8. The van der Waals surface area contributed by atoms with E-state index in [4.69, 9.17) is 11.5 Å². The summed E-state index contributed by atoms with van der Waals surface area (Å²) in [5, 5.41) is 22.3. The fourth-order valence-corrected chi connectivity index (χ4v) is 5.59. The van der Waals surface area contributed by atoms with E-state index in [1.807, 2.05) is 34.6 Å². The van der Waals surface area contributed by atoms with Crippen molar-refractivity contribution in [3.05, 3.63) is 0 Å². The van der Waals surface area contributed by atoms with Crippen LogP contribution in [0.15, 0.2) is 0 Å². The minimum absolute atomic E-state index is 0.0193. The summed E-state index contributed by atoms with van der Waals surface area (Å²) >= 11 is 0. The average molecular weight is 854 g/mol. The molecule has 0 rings (SSSR count). The Kier molecular flexibility index (Phi) is 27.9. The second-order valence-electron chi connectivity index (χ2n) is 15.6. The lowest BCUT2D eigenvalue weighted by molar-refractivity contribution is -0.134. The quantitative estimate of drug-likeness (QED) is 0.0323. The third-order valence-corrected chi connectivity index (χ3v) is 9.05. The van der Waals surface area contributed by atoms with Crippen LogP contribution in [0.25, 0.3) is 0 Å². The number of hydrogen-bond acceptors (Lipinski definition) is 11. The van der Waals surface area contributed by atoms with Crippen molar-refractivity contribution in [3.63, 3.8) is 0 Å². The zero-order valence-electron chi connectivity index (χ0n) is 36.4. The van der Waals surface area contributed by atoms with Gasteiger partial charge in [-0.15, -0.1) is 0 Å². The molecule has 342 valence electrons. The highest BCUT2D eigenvalue weighted by molar-refractivity contribution is 5.96. The van der Waals surface area contributed by atoms with Crippen molar-refractivity contribution in [2.24, 2.45) is 29.2 Å². The van der Waals surface area contributed by atoms with Gasteiger partial charge in [0.05, 0.1) is 32.7 Å². The number of nitrogens with one attached hydrogen (secondary N) is 9. The van der Waals surface area contributed by atoms with Gasteiger partial charge in [-0.3, -0.25) is 47.9 Å². The van der Waals surface area contributed by atoms with Crippen LogP contribution in [0.4, 0.5) is 0 Å². The van der Waals surface area contributed by atoms with Crippen LogP contribution in [-0.2, 0) is 47.9 Å². The van der Waals surface area contributed by atoms with E-state index in [1.165, 1.54) is 0 Å². The summed E-state index contributed by atoms with van der Waals surface area (Å²) in [4.78, 5) is 126. The third kappa shape index (κ3) is 25.2. The van der Waals surface area contributed by atoms with Gasteiger partial charge in [-0.2, -0.15) is 0 Å². The number of carbonyl (C=O) groups excluding carboxylic acids is 10. The van der Waals surface area contributed by atoms with Crippen LogP contribution in [0.1, 0.15) is 106 Å². The Morgan fingerprint density at radius 3 is 1.45 bits per heavy atom. The smallest absolute Gasteiger partial charge is 0.243 e. The molecule has 13 N–H and O–H groups in total. The summed E-state index contributed by atoms with van der Waals surface area (Å²) in [5.41, 5.74) is 10.8. The molecular formula is C39H71N11O10. The molecule has 0 fully saturated rings. The van der Waals surface area contributed by atoms with Crippen molar-refractivity contribution >= 4 is 59.1 Å². The maximum absolute atomic E-state index is 13.4. The average Bonchev–Trinajstić information content (AvgIpc) is 3.18. The van der Waals surface area contributed by atoms with Gasteiger partial charge in [-0.05, 0) is 50.0 Å². The van der Waals surface area contributed by atoms with Crippen molar-refractivity contribution in [1.82, 2.24) is 47.9 Å². The number of primary amides is 1. The molecule has 0 bridgehead atoms. The fourth-order valence-electron chi connectivity index (χ4n) is 5.59. The van der Waals surface area contributed by atoms with Gasteiger partial charge in [0.2, 0.25) is 59.1 Å². The molecule has 21 heteroatoms. The first kappa shape index (κ1) is 54.7. The zero-order valence-corrected chi connectivity index (χ0v) is 36.4. The summed E-state index contributed by atoms with van der Waals surface area (Å²) in [6.45, 7) is 10.6. The van der Waals surface area contributed by atoms with Crippen LogP contribution < -0.4 is 59.3 Å². The summed E-state index contributed by atoms with van der Waals surface area (Å²) in [6, 6.07) is -4.31. The molecule has 0 spiro atoms. The normalized spacial score (nSPS) is 13.4. The highest BCUT2D eigenvalue weighted by Crippen LogP contribution is 2.10. The number of amides is 10. The van der Waals surface area contributed by atoms with E-state index in [-0.39, 0.29) is 56.0 Å². The first-order valence-corrected chi connectivity index (χ1v) is 20.8. The number of unbranched alkanes of at least 4 members (excludes halogenated alkanes) is 3. The SMILES string of the molecule is CCCCCCC(=O)NCC(=O)NC(C(=O)NCC(=O)NCC(=O)NCC(=O)N[C@@H](CCN)C(=O)N[C@H](CC(C)C)C(=O)N[C@@H](CC(C)C)C(=O)NCC(N)=O)[C@@H](C)CC. The number of hydrogen-bond donors (Lipinski definition) is 11. The molecule has 21 nitrogen and oxygen atoms in total. The van der Waals surface area contributed by atoms with Gasteiger partial charge < -0.3 is 59.3 Å². The van der Waals surface area contributed by atoms with Crippen molar-refractivity contribution in [1.29, 1.82) is 0 Å². The van der Waals surface area contributed by atoms with E-state index in [0.29, 0.717) is 19.3 Å². The molecule has 5 atom stereocenters. The number of rotatable bonds is 31.